The highest BCUT2D eigenvalue weighted by atomic mass is 19.2. The quantitative estimate of drug-likeness (QED) is 0.869. The lowest BCUT2D eigenvalue weighted by Gasteiger charge is -2.12. The number of benzene rings is 2. The second-order valence-corrected chi connectivity index (χ2v) is 4.31. The third-order valence-corrected chi connectivity index (χ3v) is 2.84. The third-order valence-electron chi connectivity index (χ3n) is 2.84. The molecule has 0 aliphatic carbocycles. The Morgan fingerprint density at radius 3 is 2.42 bits per heavy atom. The second-order valence-electron chi connectivity index (χ2n) is 4.31. The zero-order chi connectivity index (χ0) is 13.7. The zero-order valence-electron chi connectivity index (χ0n) is 10.3. The summed E-state index contributed by atoms with van der Waals surface area (Å²) < 4.78 is 25.8. The van der Waals surface area contributed by atoms with Crippen LogP contribution < -0.4 is 5.32 Å². The molecule has 2 aromatic carbocycles. The van der Waals surface area contributed by atoms with E-state index in [-0.39, 0.29) is 6.54 Å². The van der Waals surface area contributed by atoms with Crippen molar-refractivity contribution in [1.29, 1.82) is 0 Å². The van der Waals surface area contributed by atoms with Crippen LogP contribution in [-0.4, -0.2) is 11.7 Å². The number of rotatable bonds is 5. The van der Waals surface area contributed by atoms with Crippen LogP contribution in [0, 0.1) is 11.6 Å². The SMILES string of the molecule is O[C@@H](CNCc1ccccc1)c1ccc(F)c(F)c1. The molecule has 0 bridgehead atoms. The zero-order valence-corrected chi connectivity index (χ0v) is 10.3. The van der Waals surface area contributed by atoms with Gasteiger partial charge in [0.05, 0.1) is 6.10 Å². The first-order valence-corrected chi connectivity index (χ1v) is 6.04. The number of halogens is 2. The van der Waals surface area contributed by atoms with Crippen LogP contribution in [0.5, 0.6) is 0 Å². The van der Waals surface area contributed by atoms with Gasteiger partial charge in [-0.05, 0) is 23.3 Å². The van der Waals surface area contributed by atoms with Crippen molar-refractivity contribution in [2.24, 2.45) is 0 Å². The molecule has 0 spiro atoms. The summed E-state index contributed by atoms with van der Waals surface area (Å²) in [5, 5.41) is 12.9. The lowest BCUT2D eigenvalue weighted by Crippen LogP contribution is -2.21. The lowest BCUT2D eigenvalue weighted by molar-refractivity contribution is 0.173. The van der Waals surface area contributed by atoms with Crippen molar-refractivity contribution in [3.63, 3.8) is 0 Å². The molecule has 0 fully saturated rings. The van der Waals surface area contributed by atoms with Gasteiger partial charge in [-0.25, -0.2) is 8.78 Å². The summed E-state index contributed by atoms with van der Waals surface area (Å²) >= 11 is 0. The number of aliphatic hydroxyl groups is 1. The summed E-state index contributed by atoms with van der Waals surface area (Å²) in [6.07, 6.45) is -0.862. The molecule has 0 radical (unpaired) electrons. The third kappa shape index (κ3) is 3.84. The first-order chi connectivity index (χ1) is 9.16. The van der Waals surface area contributed by atoms with Crippen molar-refractivity contribution >= 4 is 0 Å². The maximum atomic E-state index is 13.0. The minimum Gasteiger partial charge on any atom is -0.387 e. The first kappa shape index (κ1) is 13.6. The van der Waals surface area contributed by atoms with Crippen molar-refractivity contribution in [3.05, 3.63) is 71.3 Å². The van der Waals surface area contributed by atoms with E-state index in [0.717, 1.165) is 17.7 Å². The van der Waals surface area contributed by atoms with Crippen LogP contribution in [0.1, 0.15) is 17.2 Å². The Morgan fingerprint density at radius 2 is 1.74 bits per heavy atom. The Kier molecular flexibility index (Phi) is 4.60. The van der Waals surface area contributed by atoms with E-state index >= 15 is 0 Å². The van der Waals surface area contributed by atoms with Gasteiger partial charge in [-0.15, -0.1) is 0 Å². The van der Waals surface area contributed by atoms with Crippen LogP contribution in [0.15, 0.2) is 48.5 Å². The summed E-state index contributed by atoms with van der Waals surface area (Å²) in [7, 11) is 0. The van der Waals surface area contributed by atoms with Crippen molar-refractivity contribution in [3.8, 4) is 0 Å². The van der Waals surface area contributed by atoms with Crippen LogP contribution in [0.3, 0.4) is 0 Å². The van der Waals surface area contributed by atoms with Gasteiger partial charge < -0.3 is 10.4 Å². The fourth-order valence-corrected chi connectivity index (χ4v) is 1.79. The molecule has 2 rings (SSSR count). The Hall–Kier alpha value is -1.78. The molecule has 0 unspecified atom stereocenters. The molecule has 1 atom stereocenters. The van der Waals surface area contributed by atoms with E-state index < -0.39 is 17.7 Å². The molecule has 0 heterocycles. The summed E-state index contributed by atoms with van der Waals surface area (Å²) in [6.45, 7) is 0.890. The Bertz CT molecular complexity index is 531. The molecule has 0 aliphatic rings. The molecule has 0 saturated carbocycles. The Balaban J connectivity index is 1.87. The van der Waals surface area contributed by atoms with Crippen molar-refractivity contribution in [2.45, 2.75) is 12.6 Å². The largest absolute Gasteiger partial charge is 0.387 e. The molecule has 100 valence electrons. The van der Waals surface area contributed by atoms with Gasteiger partial charge in [0, 0.05) is 13.1 Å². The predicted molar refractivity (Wildman–Crippen MR) is 69.5 cm³/mol. The summed E-state index contributed by atoms with van der Waals surface area (Å²) in [6, 6.07) is 13.2. The van der Waals surface area contributed by atoms with E-state index in [9.17, 15) is 13.9 Å². The van der Waals surface area contributed by atoms with Gasteiger partial charge in [0.2, 0.25) is 0 Å². The van der Waals surface area contributed by atoms with Crippen molar-refractivity contribution in [1.82, 2.24) is 5.32 Å². The molecule has 0 saturated heterocycles. The number of hydrogen-bond donors (Lipinski definition) is 2. The highest BCUT2D eigenvalue weighted by Gasteiger charge is 2.10. The standard InChI is InChI=1S/C15H15F2NO/c16-13-7-6-12(8-14(13)17)15(19)10-18-9-11-4-2-1-3-5-11/h1-8,15,18-19H,9-10H2/t15-/m0/s1. The fraction of sp³-hybridized carbons (Fsp3) is 0.200. The molecule has 2 N–H and O–H groups in total. The summed E-state index contributed by atoms with van der Waals surface area (Å²) in [5.74, 6) is -1.85. The van der Waals surface area contributed by atoms with E-state index in [4.69, 9.17) is 0 Å². The Morgan fingerprint density at radius 1 is 1.00 bits per heavy atom. The summed E-state index contributed by atoms with van der Waals surface area (Å²) in [5.41, 5.74) is 1.46. The molecule has 0 aliphatic heterocycles. The number of aliphatic hydroxyl groups excluding tert-OH is 1. The van der Waals surface area contributed by atoms with Crippen LogP contribution in [-0.2, 0) is 6.54 Å². The highest BCUT2D eigenvalue weighted by molar-refractivity contribution is 5.20. The lowest BCUT2D eigenvalue weighted by atomic mass is 10.1. The van der Waals surface area contributed by atoms with E-state index in [0.29, 0.717) is 12.1 Å². The minimum absolute atomic E-state index is 0.278. The van der Waals surface area contributed by atoms with E-state index in [2.05, 4.69) is 5.32 Å². The van der Waals surface area contributed by atoms with Gasteiger partial charge in [0.25, 0.3) is 0 Å². The van der Waals surface area contributed by atoms with Crippen molar-refractivity contribution in [2.75, 3.05) is 6.54 Å². The monoisotopic (exact) mass is 263 g/mol. The van der Waals surface area contributed by atoms with Gasteiger partial charge in [-0.1, -0.05) is 36.4 Å². The van der Waals surface area contributed by atoms with Gasteiger partial charge in [-0.3, -0.25) is 0 Å². The second kappa shape index (κ2) is 6.41. The van der Waals surface area contributed by atoms with Gasteiger partial charge in [0.15, 0.2) is 11.6 Å². The minimum atomic E-state index is -0.945. The van der Waals surface area contributed by atoms with Crippen LogP contribution in [0.4, 0.5) is 8.78 Å². The normalized spacial score (nSPS) is 12.4. The molecular formula is C15H15F2NO. The first-order valence-electron chi connectivity index (χ1n) is 6.04. The van der Waals surface area contributed by atoms with Gasteiger partial charge in [-0.2, -0.15) is 0 Å². The number of nitrogens with one attached hydrogen (secondary N) is 1. The van der Waals surface area contributed by atoms with Crippen LogP contribution in [0.25, 0.3) is 0 Å². The predicted octanol–water partition coefficient (Wildman–Crippen LogP) is 2.79. The van der Waals surface area contributed by atoms with Gasteiger partial charge >= 0.3 is 0 Å². The smallest absolute Gasteiger partial charge is 0.159 e. The molecule has 4 heteroatoms. The molecule has 0 amide bonds. The topological polar surface area (TPSA) is 32.3 Å². The fourth-order valence-electron chi connectivity index (χ4n) is 1.79. The molecule has 0 aromatic heterocycles. The molecular weight excluding hydrogens is 248 g/mol. The van der Waals surface area contributed by atoms with E-state index in [1.807, 2.05) is 30.3 Å². The highest BCUT2D eigenvalue weighted by Crippen LogP contribution is 2.15. The maximum absolute atomic E-state index is 13.0. The van der Waals surface area contributed by atoms with E-state index in [1.165, 1.54) is 6.07 Å². The maximum Gasteiger partial charge on any atom is 0.159 e. The van der Waals surface area contributed by atoms with Crippen molar-refractivity contribution < 1.29 is 13.9 Å². The van der Waals surface area contributed by atoms with Crippen LogP contribution in [0.2, 0.25) is 0 Å². The average molecular weight is 263 g/mol. The van der Waals surface area contributed by atoms with E-state index in [1.54, 1.807) is 0 Å². The van der Waals surface area contributed by atoms with Crippen LogP contribution >= 0.6 is 0 Å². The average Bonchev–Trinajstić information content (AvgIpc) is 2.43. The molecule has 19 heavy (non-hydrogen) atoms. The van der Waals surface area contributed by atoms with Gasteiger partial charge in [0.1, 0.15) is 0 Å². The molecule has 2 aromatic rings. The summed E-state index contributed by atoms with van der Waals surface area (Å²) in [4.78, 5) is 0. The Labute approximate surface area is 110 Å². The molecule has 2 nitrogen and oxygen atoms in total. The number of hydrogen-bond acceptors (Lipinski definition) is 2.